The van der Waals surface area contributed by atoms with E-state index < -0.39 is 0 Å². The number of rotatable bonds is 7. The smallest absolute Gasteiger partial charge is 0.191 e. The summed E-state index contributed by atoms with van der Waals surface area (Å²) < 4.78 is 0. The zero-order chi connectivity index (χ0) is 15.1. The lowest BCUT2D eigenvalue weighted by Gasteiger charge is -2.27. The molecule has 0 amide bonds. The van der Waals surface area contributed by atoms with Crippen molar-refractivity contribution in [3.63, 3.8) is 0 Å². The fourth-order valence-electron chi connectivity index (χ4n) is 3.19. The van der Waals surface area contributed by atoms with Crippen LogP contribution in [0.25, 0.3) is 0 Å². The molecule has 2 aliphatic rings. The van der Waals surface area contributed by atoms with Crippen molar-refractivity contribution in [2.45, 2.75) is 38.1 Å². The third kappa shape index (κ3) is 7.00. The normalized spacial score (nSPS) is 21.4. The van der Waals surface area contributed by atoms with Crippen LogP contribution < -0.4 is 10.6 Å². The minimum absolute atomic E-state index is 0. The Balaban J connectivity index is 0.00000242. The van der Waals surface area contributed by atoms with Crippen molar-refractivity contribution in [2.75, 3.05) is 53.9 Å². The highest BCUT2D eigenvalue weighted by molar-refractivity contribution is 14.0. The minimum Gasteiger partial charge on any atom is -0.355 e. The molecule has 1 atom stereocenters. The highest BCUT2D eigenvalue weighted by Crippen LogP contribution is 2.34. The molecule has 0 bridgehead atoms. The summed E-state index contributed by atoms with van der Waals surface area (Å²) in [5.74, 6) is 1.82. The third-order valence-corrected chi connectivity index (χ3v) is 4.70. The lowest BCUT2D eigenvalue weighted by molar-refractivity contribution is 0.232. The van der Waals surface area contributed by atoms with Gasteiger partial charge in [0.2, 0.25) is 0 Å². The van der Waals surface area contributed by atoms with Gasteiger partial charge in [-0.1, -0.05) is 6.42 Å². The summed E-state index contributed by atoms with van der Waals surface area (Å²) >= 11 is 0. The highest BCUT2D eigenvalue weighted by atomic mass is 127. The average molecular weight is 423 g/mol. The first-order valence-electron chi connectivity index (χ1n) is 8.54. The van der Waals surface area contributed by atoms with Crippen LogP contribution in [0.2, 0.25) is 0 Å². The first-order chi connectivity index (χ1) is 10.2. The van der Waals surface area contributed by atoms with Gasteiger partial charge in [-0.25, -0.2) is 0 Å². The monoisotopic (exact) mass is 423 g/mol. The molecule has 1 heterocycles. The molecule has 1 unspecified atom stereocenters. The molecule has 2 rings (SSSR count). The largest absolute Gasteiger partial charge is 0.355 e. The van der Waals surface area contributed by atoms with Crippen LogP contribution in [-0.2, 0) is 0 Å². The van der Waals surface area contributed by atoms with Crippen molar-refractivity contribution in [2.24, 2.45) is 10.9 Å². The molecule has 2 fully saturated rings. The summed E-state index contributed by atoms with van der Waals surface area (Å²) in [6, 6.07) is 0.630. The van der Waals surface area contributed by atoms with Crippen LogP contribution in [0.3, 0.4) is 0 Å². The van der Waals surface area contributed by atoms with E-state index in [1.165, 1.54) is 45.2 Å². The topological polar surface area (TPSA) is 42.9 Å². The van der Waals surface area contributed by atoms with Crippen LogP contribution in [0, 0.1) is 5.92 Å². The van der Waals surface area contributed by atoms with Crippen molar-refractivity contribution < 1.29 is 0 Å². The van der Waals surface area contributed by atoms with E-state index in [0.29, 0.717) is 6.04 Å². The summed E-state index contributed by atoms with van der Waals surface area (Å²) in [6.45, 7) is 5.62. The Morgan fingerprint density at radius 3 is 2.41 bits per heavy atom. The molecule has 2 N–H and O–H groups in total. The zero-order valence-electron chi connectivity index (χ0n) is 14.5. The Hall–Kier alpha value is -0.0800. The number of likely N-dealkylation sites (tertiary alicyclic amines) is 1. The molecule has 1 aliphatic carbocycles. The second-order valence-corrected chi connectivity index (χ2v) is 6.65. The van der Waals surface area contributed by atoms with Crippen molar-refractivity contribution in [1.82, 2.24) is 20.4 Å². The number of hydrogen-bond acceptors (Lipinski definition) is 3. The first kappa shape index (κ1) is 20.0. The lowest BCUT2D eigenvalue weighted by Crippen LogP contribution is -2.47. The van der Waals surface area contributed by atoms with E-state index in [1.807, 2.05) is 7.05 Å². The minimum atomic E-state index is 0. The van der Waals surface area contributed by atoms with Gasteiger partial charge in [-0.05, 0) is 58.8 Å². The van der Waals surface area contributed by atoms with Crippen LogP contribution in [0.5, 0.6) is 0 Å². The van der Waals surface area contributed by atoms with E-state index in [2.05, 4.69) is 39.5 Å². The predicted octanol–water partition coefficient (Wildman–Crippen LogP) is 1.60. The average Bonchev–Trinajstić information content (AvgIpc) is 3.31. The van der Waals surface area contributed by atoms with Gasteiger partial charge in [0.15, 0.2) is 5.96 Å². The maximum absolute atomic E-state index is 4.34. The molecule has 0 aromatic rings. The van der Waals surface area contributed by atoms with Gasteiger partial charge in [-0.2, -0.15) is 0 Å². The maximum atomic E-state index is 4.34. The molecule has 6 heteroatoms. The van der Waals surface area contributed by atoms with Crippen LogP contribution in [0.15, 0.2) is 4.99 Å². The number of nitrogens with one attached hydrogen (secondary N) is 2. The van der Waals surface area contributed by atoms with Crippen molar-refractivity contribution in [3.8, 4) is 0 Å². The molecule has 1 saturated carbocycles. The molecule has 0 radical (unpaired) electrons. The number of nitrogens with zero attached hydrogens (tertiary/aromatic N) is 3. The predicted molar refractivity (Wildman–Crippen MR) is 105 cm³/mol. The van der Waals surface area contributed by atoms with Gasteiger partial charge < -0.3 is 20.4 Å². The molecule has 22 heavy (non-hydrogen) atoms. The maximum Gasteiger partial charge on any atom is 0.191 e. The van der Waals surface area contributed by atoms with Gasteiger partial charge in [0.1, 0.15) is 0 Å². The number of hydrogen-bond donors (Lipinski definition) is 2. The SMILES string of the molecule is CN=C(NCCN1CCCCC1)NCC(C1CC1)N(C)C.I. The summed E-state index contributed by atoms with van der Waals surface area (Å²) in [5.41, 5.74) is 0. The second kappa shape index (κ2) is 10.6. The number of halogens is 1. The summed E-state index contributed by atoms with van der Waals surface area (Å²) in [4.78, 5) is 9.23. The Bertz CT molecular complexity index is 322. The van der Waals surface area contributed by atoms with E-state index in [1.54, 1.807) is 0 Å². The van der Waals surface area contributed by atoms with Crippen LogP contribution in [0.1, 0.15) is 32.1 Å². The highest BCUT2D eigenvalue weighted by Gasteiger charge is 2.32. The summed E-state index contributed by atoms with van der Waals surface area (Å²) in [6.07, 6.45) is 6.88. The van der Waals surface area contributed by atoms with E-state index in [0.717, 1.165) is 31.5 Å². The van der Waals surface area contributed by atoms with Gasteiger partial charge in [-0.3, -0.25) is 4.99 Å². The summed E-state index contributed by atoms with van der Waals surface area (Å²) in [7, 11) is 6.21. The molecule has 0 aromatic heterocycles. The third-order valence-electron chi connectivity index (χ3n) is 4.70. The van der Waals surface area contributed by atoms with Crippen LogP contribution in [0.4, 0.5) is 0 Å². The number of piperidine rings is 1. The standard InChI is InChI=1S/C16H33N5.HI/c1-17-16(18-9-12-21-10-5-4-6-11-21)19-13-15(20(2)3)14-7-8-14;/h14-15H,4-13H2,1-3H3,(H2,17,18,19);1H. The second-order valence-electron chi connectivity index (χ2n) is 6.65. The molecule has 1 saturated heterocycles. The Kier molecular flexibility index (Phi) is 9.66. The van der Waals surface area contributed by atoms with E-state index in [-0.39, 0.29) is 24.0 Å². The van der Waals surface area contributed by atoms with E-state index >= 15 is 0 Å². The quantitative estimate of drug-likeness (QED) is 0.371. The van der Waals surface area contributed by atoms with Crippen molar-refractivity contribution >= 4 is 29.9 Å². The zero-order valence-corrected chi connectivity index (χ0v) is 16.8. The molecule has 0 aromatic carbocycles. The molecule has 5 nitrogen and oxygen atoms in total. The van der Waals surface area contributed by atoms with Gasteiger partial charge >= 0.3 is 0 Å². The summed E-state index contributed by atoms with van der Waals surface area (Å²) in [5, 5.41) is 6.94. The van der Waals surface area contributed by atoms with Crippen molar-refractivity contribution in [1.29, 1.82) is 0 Å². The van der Waals surface area contributed by atoms with Gasteiger partial charge in [-0.15, -0.1) is 24.0 Å². The number of aliphatic imine (C=N–C) groups is 1. The molecule has 1 aliphatic heterocycles. The first-order valence-corrected chi connectivity index (χ1v) is 8.54. The fraction of sp³-hybridized carbons (Fsp3) is 0.938. The molecular formula is C16H34IN5. The lowest BCUT2D eigenvalue weighted by atomic mass is 10.1. The molecule has 0 spiro atoms. The number of likely N-dealkylation sites (N-methyl/N-ethyl adjacent to an activating group) is 1. The molecule has 130 valence electrons. The van der Waals surface area contributed by atoms with Gasteiger partial charge in [0.25, 0.3) is 0 Å². The van der Waals surface area contributed by atoms with E-state index in [4.69, 9.17) is 0 Å². The Morgan fingerprint density at radius 1 is 1.18 bits per heavy atom. The van der Waals surface area contributed by atoms with E-state index in [9.17, 15) is 0 Å². The Morgan fingerprint density at radius 2 is 1.86 bits per heavy atom. The van der Waals surface area contributed by atoms with Crippen LogP contribution in [-0.4, -0.2) is 75.7 Å². The van der Waals surface area contributed by atoms with Gasteiger partial charge in [0.05, 0.1) is 0 Å². The van der Waals surface area contributed by atoms with Gasteiger partial charge in [0, 0.05) is 32.7 Å². The fourth-order valence-corrected chi connectivity index (χ4v) is 3.19. The molecular weight excluding hydrogens is 389 g/mol. The van der Waals surface area contributed by atoms with Crippen LogP contribution >= 0.6 is 24.0 Å². The Labute approximate surface area is 153 Å². The number of guanidine groups is 1. The van der Waals surface area contributed by atoms with Crippen molar-refractivity contribution in [3.05, 3.63) is 0 Å².